The first-order chi connectivity index (χ1) is 17.2. The molecule has 2 atom stereocenters. The number of morpholine rings is 1. The average molecular weight is 538 g/mol. The molecule has 2 saturated heterocycles. The summed E-state index contributed by atoms with van der Waals surface area (Å²) in [6.07, 6.45) is -1.65. The summed E-state index contributed by atoms with van der Waals surface area (Å²) in [5.41, 5.74) is 4.77. The average Bonchev–Trinajstić information content (AvgIpc) is 3.24. The second kappa shape index (κ2) is 10.3. The van der Waals surface area contributed by atoms with E-state index in [1.807, 2.05) is 25.1 Å². The lowest BCUT2D eigenvalue weighted by molar-refractivity contribution is -0.197. The normalized spacial score (nSPS) is 21.4. The van der Waals surface area contributed by atoms with E-state index in [4.69, 9.17) is 16.3 Å². The fourth-order valence-electron chi connectivity index (χ4n) is 5.17. The Morgan fingerprint density at radius 1 is 1.28 bits per heavy atom. The highest BCUT2D eigenvalue weighted by Gasteiger charge is 2.46. The van der Waals surface area contributed by atoms with Gasteiger partial charge in [-0.15, -0.1) is 11.3 Å². The molecule has 0 saturated carbocycles. The van der Waals surface area contributed by atoms with Gasteiger partial charge in [0, 0.05) is 47.6 Å². The predicted octanol–water partition coefficient (Wildman–Crippen LogP) is 5.90. The molecule has 4 heterocycles. The predicted molar refractivity (Wildman–Crippen MR) is 135 cm³/mol. The monoisotopic (exact) mass is 537 g/mol. The van der Waals surface area contributed by atoms with Crippen molar-refractivity contribution in [2.24, 2.45) is 0 Å². The molecule has 1 unspecified atom stereocenters. The Morgan fingerprint density at radius 3 is 2.86 bits per heavy atom. The highest BCUT2D eigenvalue weighted by atomic mass is 35.5. The first-order valence-electron chi connectivity index (χ1n) is 12.1. The number of pyridine rings is 1. The Hall–Kier alpha value is -2.20. The summed E-state index contributed by atoms with van der Waals surface area (Å²) in [4.78, 5) is 18.6. The maximum atomic E-state index is 13.6. The second-order valence-corrected chi connectivity index (χ2v) is 11.0. The highest BCUT2D eigenvalue weighted by molar-refractivity contribution is 7.19. The number of carbonyl (C=O) groups excluding carboxylic acids is 1. The minimum absolute atomic E-state index is 0.0398. The number of ether oxygens (including phenoxy) is 1. The van der Waals surface area contributed by atoms with Gasteiger partial charge >= 0.3 is 6.18 Å². The van der Waals surface area contributed by atoms with Gasteiger partial charge in [-0.25, -0.2) is 0 Å². The molecule has 192 valence electrons. The number of fused-ring (bicyclic) bond motifs is 1. The van der Waals surface area contributed by atoms with Crippen LogP contribution in [0.25, 0.3) is 21.3 Å². The quantitative estimate of drug-likeness (QED) is 0.440. The Balaban J connectivity index is 1.52. The van der Waals surface area contributed by atoms with Gasteiger partial charge in [0.1, 0.15) is 6.04 Å². The van der Waals surface area contributed by atoms with Crippen LogP contribution in [-0.4, -0.2) is 53.8 Å². The number of thiophene rings is 1. The maximum absolute atomic E-state index is 13.6. The summed E-state index contributed by atoms with van der Waals surface area (Å²) in [5, 5.41) is 3.98. The number of aromatic nitrogens is 1. The number of halogens is 4. The van der Waals surface area contributed by atoms with Crippen molar-refractivity contribution in [2.45, 2.75) is 57.5 Å². The fourth-order valence-corrected chi connectivity index (χ4v) is 6.58. The smallest absolute Gasteiger partial charge is 0.375 e. The summed E-state index contributed by atoms with van der Waals surface area (Å²) in [6.45, 7) is 4.21. The fraction of sp³-hybridized carbons (Fsp3) is 0.462. The van der Waals surface area contributed by atoms with Gasteiger partial charge in [-0.1, -0.05) is 11.6 Å². The molecule has 36 heavy (non-hydrogen) atoms. The summed E-state index contributed by atoms with van der Waals surface area (Å²) in [5.74, 6) is -0.456. The molecule has 1 N–H and O–H groups in total. The number of likely N-dealkylation sites (tertiary alicyclic amines) is 1. The molecule has 2 aromatic heterocycles. The molecular weight excluding hydrogens is 511 g/mol. The molecule has 1 aromatic carbocycles. The molecule has 2 aliphatic rings. The Morgan fingerprint density at radius 2 is 2.11 bits per heavy atom. The number of piperidine rings is 1. The van der Waals surface area contributed by atoms with Crippen molar-refractivity contribution in [3.63, 3.8) is 0 Å². The SMILES string of the molecule is Cc1cc(Cl)cc(-c2ccnc3cc(CN4C(=O)CCCC4C(F)(F)F)sc23)c1C[C@H]1CNCCO1. The van der Waals surface area contributed by atoms with Gasteiger partial charge in [-0.3, -0.25) is 9.78 Å². The summed E-state index contributed by atoms with van der Waals surface area (Å²) >= 11 is 7.85. The van der Waals surface area contributed by atoms with Gasteiger partial charge in [0.05, 0.1) is 29.5 Å². The van der Waals surface area contributed by atoms with Gasteiger partial charge < -0.3 is 15.0 Å². The van der Waals surface area contributed by atoms with E-state index in [9.17, 15) is 18.0 Å². The third-order valence-electron chi connectivity index (χ3n) is 6.90. The van der Waals surface area contributed by atoms with E-state index < -0.39 is 18.1 Å². The Labute approximate surface area is 216 Å². The summed E-state index contributed by atoms with van der Waals surface area (Å²) in [6, 6.07) is 5.84. The Kier molecular flexibility index (Phi) is 7.27. The molecule has 1 amide bonds. The second-order valence-electron chi connectivity index (χ2n) is 9.41. The number of benzene rings is 1. The van der Waals surface area contributed by atoms with Gasteiger partial charge in [-0.2, -0.15) is 13.2 Å². The number of aryl methyl sites for hydroxylation is 1. The standard InChI is InChI=1S/C26H27ClF3N3O2S/c1-15-9-16(27)10-21(20(15)11-17-13-31-7-8-35-17)19-5-6-32-22-12-18(36-25(19)22)14-33-23(26(28,29)30)3-2-4-24(33)34/h5-6,9-10,12,17,23,31H,2-4,7-8,11,13-14H2,1H3/t17-,23?/m0/s1. The third-order valence-corrected chi connectivity index (χ3v) is 8.26. The van der Waals surface area contributed by atoms with Crippen LogP contribution in [0.3, 0.4) is 0 Å². The van der Waals surface area contributed by atoms with Gasteiger partial charge in [0.2, 0.25) is 5.91 Å². The topological polar surface area (TPSA) is 54.5 Å². The molecule has 5 rings (SSSR count). The lowest BCUT2D eigenvalue weighted by atomic mass is 9.92. The van der Waals surface area contributed by atoms with Gasteiger partial charge in [0.25, 0.3) is 0 Å². The Bertz CT molecular complexity index is 1270. The van der Waals surface area contributed by atoms with Gasteiger partial charge in [0.15, 0.2) is 0 Å². The minimum Gasteiger partial charge on any atom is -0.375 e. The zero-order valence-corrected chi connectivity index (χ0v) is 21.4. The molecule has 0 bridgehead atoms. The molecule has 10 heteroatoms. The van der Waals surface area contributed by atoms with Crippen LogP contribution in [0.15, 0.2) is 30.5 Å². The van der Waals surface area contributed by atoms with E-state index >= 15 is 0 Å². The number of amides is 1. The number of carbonyl (C=O) groups is 1. The maximum Gasteiger partial charge on any atom is 0.408 e. The van der Waals surface area contributed by atoms with Crippen LogP contribution in [0.2, 0.25) is 5.02 Å². The summed E-state index contributed by atoms with van der Waals surface area (Å²) < 4.78 is 47.7. The van der Waals surface area contributed by atoms with Crippen molar-refractivity contribution in [2.75, 3.05) is 19.7 Å². The van der Waals surface area contributed by atoms with Crippen molar-refractivity contribution in [3.05, 3.63) is 51.5 Å². The number of alkyl halides is 3. The molecular formula is C26H27ClF3N3O2S. The third kappa shape index (κ3) is 5.25. The highest BCUT2D eigenvalue weighted by Crippen LogP contribution is 2.40. The van der Waals surface area contributed by atoms with Crippen molar-refractivity contribution in [1.29, 1.82) is 0 Å². The van der Waals surface area contributed by atoms with Crippen LogP contribution in [0.4, 0.5) is 13.2 Å². The van der Waals surface area contributed by atoms with Gasteiger partial charge in [-0.05, 0) is 60.7 Å². The van der Waals surface area contributed by atoms with Crippen LogP contribution < -0.4 is 5.32 Å². The van der Waals surface area contributed by atoms with E-state index in [0.717, 1.165) is 44.9 Å². The van der Waals surface area contributed by atoms with Crippen LogP contribution in [0, 0.1) is 6.92 Å². The molecule has 0 spiro atoms. The van der Waals surface area contributed by atoms with Crippen molar-refractivity contribution < 1.29 is 22.7 Å². The number of nitrogens with zero attached hydrogens (tertiary/aromatic N) is 2. The minimum atomic E-state index is -4.45. The van der Waals surface area contributed by atoms with Crippen LogP contribution in [0.5, 0.6) is 0 Å². The number of hydrogen-bond acceptors (Lipinski definition) is 5. The first kappa shape index (κ1) is 25.4. The van der Waals surface area contributed by atoms with E-state index in [-0.39, 0.29) is 31.9 Å². The zero-order chi connectivity index (χ0) is 25.4. The lowest BCUT2D eigenvalue weighted by Crippen LogP contribution is -2.50. The van der Waals surface area contributed by atoms with Crippen LogP contribution in [-0.2, 0) is 22.5 Å². The largest absolute Gasteiger partial charge is 0.408 e. The van der Waals surface area contributed by atoms with Crippen LogP contribution in [0.1, 0.15) is 35.3 Å². The van der Waals surface area contributed by atoms with E-state index in [1.165, 1.54) is 11.3 Å². The number of nitrogens with one attached hydrogen (secondary N) is 1. The molecule has 2 aliphatic heterocycles. The lowest BCUT2D eigenvalue weighted by Gasteiger charge is -2.36. The van der Waals surface area contributed by atoms with Crippen molar-refractivity contribution in [3.8, 4) is 11.1 Å². The number of hydrogen-bond donors (Lipinski definition) is 1. The van der Waals surface area contributed by atoms with E-state index in [2.05, 4.69) is 10.3 Å². The molecule has 0 aliphatic carbocycles. The van der Waals surface area contributed by atoms with E-state index in [0.29, 0.717) is 28.4 Å². The molecule has 3 aromatic rings. The molecule has 2 fully saturated rings. The van der Waals surface area contributed by atoms with Crippen LogP contribution >= 0.6 is 22.9 Å². The molecule has 5 nitrogen and oxygen atoms in total. The molecule has 0 radical (unpaired) electrons. The summed E-state index contributed by atoms with van der Waals surface area (Å²) in [7, 11) is 0. The van der Waals surface area contributed by atoms with Crippen molar-refractivity contribution >= 4 is 39.1 Å². The zero-order valence-electron chi connectivity index (χ0n) is 19.8. The number of rotatable bonds is 5. The first-order valence-corrected chi connectivity index (χ1v) is 13.3. The van der Waals surface area contributed by atoms with Crippen molar-refractivity contribution in [1.82, 2.24) is 15.2 Å². The van der Waals surface area contributed by atoms with E-state index in [1.54, 1.807) is 12.3 Å².